The average Bonchev–Trinajstić information content (AvgIpc) is 2.61. The van der Waals surface area contributed by atoms with Crippen LogP contribution in [-0.2, 0) is 22.7 Å². The molecule has 0 saturated heterocycles. The molecule has 0 aliphatic carbocycles. The highest BCUT2D eigenvalue weighted by atomic mass is 16.5. The largest absolute Gasteiger partial charge is 0.461 e. The number of benzene rings is 2. The number of ether oxygens (including phenoxy) is 1. The molecule has 0 aromatic heterocycles. The Hall–Kier alpha value is -2.13. The number of rotatable bonds is 10. The maximum atomic E-state index is 11.7. The topological polar surface area (TPSA) is 38.3 Å². The van der Waals surface area contributed by atoms with Crippen molar-refractivity contribution in [1.29, 1.82) is 0 Å². The second-order valence-electron chi connectivity index (χ2n) is 5.62. The van der Waals surface area contributed by atoms with Gasteiger partial charge in [-0.3, -0.25) is 4.79 Å². The van der Waals surface area contributed by atoms with Crippen LogP contribution in [0, 0.1) is 0 Å². The van der Waals surface area contributed by atoms with Crippen molar-refractivity contribution in [3.05, 3.63) is 71.8 Å². The van der Waals surface area contributed by atoms with Crippen LogP contribution < -0.4 is 5.32 Å². The zero-order valence-electron chi connectivity index (χ0n) is 13.5. The zero-order valence-corrected chi connectivity index (χ0v) is 13.5. The van der Waals surface area contributed by atoms with Gasteiger partial charge in [-0.2, -0.15) is 0 Å². The molecule has 3 nitrogen and oxygen atoms in total. The zero-order chi connectivity index (χ0) is 16.2. The van der Waals surface area contributed by atoms with Crippen molar-refractivity contribution in [1.82, 2.24) is 5.32 Å². The van der Waals surface area contributed by atoms with Crippen LogP contribution in [0.3, 0.4) is 0 Å². The highest BCUT2D eigenvalue weighted by Crippen LogP contribution is 2.05. The third-order valence-corrected chi connectivity index (χ3v) is 3.65. The van der Waals surface area contributed by atoms with Gasteiger partial charge in [0.05, 0.1) is 0 Å². The van der Waals surface area contributed by atoms with Crippen LogP contribution in [0.4, 0.5) is 0 Å². The number of hydrogen-bond donors (Lipinski definition) is 1. The molecule has 2 rings (SSSR count). The second kappa shape index (κ2) is 10.6. The average molecular weight is 311 g/mol. The molecule has 0 radical (unpaired) electrons. The Morgan fingerprint density at radius 1 is 0.826 bits per heavy atom. The lowest BCUT2D eigenvalue weighted by Gasteiger charge is -2.06. The molecule has 2 aromatic rings. The van der Waals surface area contributed by atoms with E-state index in [2.05, 4.69) is 29.6 Å². The monoisotopic (exact) mass is 311 g/mol. The van der Waals surface area contributed by atoms with Crippen molar-refractivity contribution in [2.75, 3.05) is 6.54 Å². The maximum Gasteiger partial charge on any atom is 0.306 e. The molecule has 0 atom stereocenters. The lowest BCUT2D eigenvalue weighted by atomic mass is 10.2. The Kier molecular flexibility index (Phi) is 7.92. The molecule has 0 aliphatic heterocycles. The fourth-order valence-corrected chi connectivity index (χ4v) is 2.33. The van der Waals surface area contributed by atoms with Gasteiger partial charge in [-0.25, -0.2) is 0 Å². The van der Waals surface area contributed by atoms with Crippen molar-refractivity contribution >= 4 is 5.97 Å². The van der Waals surface area contributed by atoms with Crippen LogP contribution in [0.5, 0.6) is 0 Å². The van der Waals surface area contributed by atoms with Gasteiger partial charge in [0.15, 0.2) is 0 Å². The number of carbonyl (C=O) groups is 1. The van der Waals surface area contributed by atoms with E-state index in [0.717, 1.165) is 37.9 Å². The maximum absolute atomic E-state index is 11.7. The van der Waals surface area contributed by atoms with E-state index in [1.807, 2.05) is 36.4 Å². The first-order valence-corrected chi connectivity index (χ1v) is 8.29. The van der Waals surface area contributed by atoms with Gasteiger partial charge in [-0.1, -0.05) is 67.1 Å². The predicted molar refractivity (Wildman–Crippen MR) is 92.9 cm³/mol. The summed E-state index contributed by atoms with van der Waals surface area (Å²) in [5, 5.41) is 3.42. The smallest absolute Gasteiger partial charge is 0.306 e. The van der Waals surface area contributed by atoms with Crippen molar-refractivity contribution < 1.29 is 9.53 Å². The van der Waals surface area contributed by atoms with Crippen LogP contribution >= 0.6 is 0 Å². The number of carbonyl (C=O) groups excluding carboxylic acids is 1. The van der Waals surface area contributed by atoms with Gasteiger partial charge in [0, 0.05) is 13.0 Å². The van der Waals surface area contributed by atoms with Crippen LogP contribution in [0.15, 0.2) is 60.7 Å². The molecule has 1 N–H and O–H groups in total. The molecular formula is C20H25NO2. The summed E-state index contributed by atoms with van der Waals surface area (Å²) in [6.45, 7) is 2.26. The van der Waals surface area contributed by atoms with E-state index in [4.69, 9.17) is 4.74 Å². The van der Waals surface area contributed by atoms with E-state index in [-0.39, 0.29) is 5.97 Å². The predicted octanol–water partition coefficient (Wildman–Crippen LogP) is 4.08. The first-order chi connectivity index (χ1) is 11.3. The van der Waals surface area contributed by atoms with Gasteiger partial charge < -0.3 is 10.1 Å². The Balaban J connectivity index is 1.45. The summed E-state index contributed by atoms with van der Waals surface area (Å²) in [7, 11) is 0. The Morgan fingerprint density at radius 2 is 1.48 bits per heavy atom. The summed E-state index contributed by atoms with van der Waals surface area (Å²) in [6, 6.07) is 20.2. The first-order valence-electron chi connectivity index (χ1n) is 8.29. The van der Waals surface area contributed by atoms with Crippen molar-refractivity contribution in [2.24, 2.45) is 0 Å². The lowest BCUT2D eigenvalue weighted by molar-refractivity contribution is -0.145. The molecule has 0 saturated carbocycles. The van der Waals surface area contributed by atoms with Crippen LogP contribution in [0.1, 0.15) is 36.8 Å². The molecule has 23 heavy (non-hydrogen) atoms. The van der Waals surface area contributed by atoms with Gasteiger partial charge in [0.1, 0.15) is 6.61 Å². The summed E-state index contributed by atoms with van der Waals surface area (Å²) in [5.74, 6) is -0.105. The van der Waals surface area contributed by atoms with Gasteiger partial charge in [-0.05, 0) is 30.5 Å². The Bertz CT molecular complexity index is 554. The van der Waals surface area contributed by atoms with Gasteiger partial charge in [-0.15, -0.1) is 0 Å². The summed E-state index contributed by atoms with van der Waals surface area (Å²) in [6.07, 6.45) is 3.52. The van der Waals surface area contributed by atoms with E-state index < -0.39 is 0 Å². The van der Waals surface area contributed by atoms with Crippen molar-refractivity contribution in [3.63, 3.8) is 0 Å². The van der Waals surface area contributed by atoms with E-state index in [1.54, 1.807) is 0 Å². The highest BCUT2D eigenvalue weighted by Gasteiger charge is 2.03. The molecule has 2 aromatic carbocycles. The van der Waals surface area contributed by atoms with Crippen molar-refractivity contribution in [3.8, 4) is 0 Å². The van der Waals surface area contributed by atoms with Crippen LogP contribution in [0.2, 0.25) is 0 Å². The summed E-state index contributed by atoms with van der Waals surface area (Å²) in [4.78, 5) is 11.7. The van der Waals surface area contributed by atoms with Gasteiger partial charge in [0.25, 0.3) is 0 Å². The van der Waals surface area contributed by atoms with Gasteiger partial charge in [0.2, 0.25) is 0 Å². The van der Waals surface area contributed by atoms with Crippen LogP contribution in [0.25, 0.3) is 0 Å². The fraction of sp³-hybridized carbons (Fsp3) is 0.350. The molecule has 0 bridgehead atoms. The third kappa shape index (κ3) is 7.61. The fourth-order valence-electron chi connectivity index (χ4n) is 2.33. The van der Waals surface area contributed by atoms with Crippen LogP contribution in [-0.4, -0.2) is 12.5 Å². The van der Waals surface area contributed by atoms with Crippen molar-refractivity contribution in [2.45, 2.75) is 38.8 Å². The summed E-state index contributed by atoms with van der Waals surface area (Å²) >= 11 is 0. The minimum absolute atomic E-state index is 0.105. The van der Waals surface area contributed by atoms with E-state index in [0.29, 0.717) is 13.0 Å². The molecule has 0 aliphatic rings. The molecule has 0 fully saturated rings. The molecule has 3 heteroatoms. The highest BCUT2D eigenvalue weighted by molar-refractivity contribution is 5.69. The summed E-state index contributed by atoms with van der Waals surface area (Å²) < 4.78 is 5.26. The first kappa shape index (κ1) is 17.2. The molecule has 122 valence electrons. The third-order valence-electron chi connectivity index (χ3n) is 3.65. The standard InChI is InChI=1S/C20H25NO2/c22-20(23-17-19-12-6-2-7-13-19)14-8-3-9-15-21-16-18-10-4-1-5-11-18/h1-2,4-7,10-13,21H,3,8-9,14-17H2. The molecule has 0 unspecified atom stereocenters. The Morgan fingerprint density at radius 3 is 2.17 bits per heavy atom. The van der Waals surface area contributed by atoms with E-state index >= 15 is 0 Å². The lowest BCUT2D eigenvalue weighted by Crippen LogP contribution is -2.14. The molecule has 0 spiro atoms. The minimum atomic E-state index is -0.105. The number of esters is 1. The molecular weight excluding hydrogens is 286 g/mol. The minimum Gasteiger partial charge on any atom is -0.461 e. The molecule has 0 heterocycles. The van der Waals surface area contributed by atoms with E-state index in [1.165, 1.54) is 5.56 Å². The normalized spacial score (nSPS) is 10.4. The summed E-state index contributed by atoms with van der Waals surface area (Å²) in [5.41, 5.74) is 2.34. The van der Waals surface area contributed by atoms with E-state index in [9.17, 15) is 4.79 Å². The second-order valence-corrected chi connectivity index (χ2v) is 5.62. The van der Waals surface area contributed by atoms with Gasteiger partial charge >= 0.3 is 5.97 Å². The number of unbranched alkanes of at least 4 members (excludes halogenated alkanes) is 2. The number of nitrogens with one attached hydrogen (secondary N) is 1. The SMILES string of the molecule is O=C(CCCCCNCc1ccccc1)OCc1ccccc1. The quantitative estimate of drug-likeness (QED) is 0.531. The molecule has 0 amide bonds. The Labute approximate surface area is 138 Å². The number of hydrogen-bond acceptors (Lipinski definition) is 3.